The second-order valence-electron chi connectivity index (χ2n) is 5.40. The van der Waals surface area contributed by atoms with Gasteiger partial charge in [-0.05, 0) is 32.9 Å². The van der Waals surface area contributed by atoms with Gasteiger partial charge in [0.25, 0.3) is 0 Å². The number of ether oxygens (including phenoxy) is 1. The van der Waals surface area contributed by atoms with E-state index in [0.717, 1.165) is 12.1 Å². The van der Waals surface area contributed by atoms with Crippen molar-refractivity contribution in [3.63, 3.8) is 0 Å². The first-order valence-corrected chi connectivity index (χ1v) is 6.59. The fraction of sp³-hybridized carbons (Fsp3) is 0.400. The summed E-state index contributed by atoms with van der Waals surface area (Å²) in [5.74, 6) is 4.52. The van der Waals surface area contributed by atoms with Crippen molar-refractivity contribution in [2.45, 2.75) is 32.8 Å². The normalized spacial score (nSPS) is 10.4. The number of nitrogens with zero attached hydrogens (tertiary/aromatic N) is 1. The lowest BCUT2D eigenvalue weighted by Crippen LogP contribution is -2.32. The van der Waals surface area contributed by atoms with Crippen LogP contribution in [-0.2, 0) is 4.74 Å². The lowest BCUT2D eigenvalue weighted by Gasteiger charge is -2.19. The fourth-order valence-corrected chi connectivity index (χ4v) is 1.44. The van der Waals surface area contributed by atoms with Gasteiger partial charge in [-0.25, -0.2) is 4.79 Å². The van der Waals surface area contributed by atoms with Gasteiger partial charge in [0.2, 0.25) is 5.82 Å². The van der Waals surface area contributed by atoms with E-state index in [4.69, 9.17) is 4.74 Å². The van der Waals surface area contributed by atoms with Crippen LogP contribution in [0.2, 0.25) is 0 Å². The Morgan fingerprint density at radius 3 is 2.73 bits per heavy atom. The van der Waals surface area contributed by atoms with Crippen molar-refractivity contribution < 1.29 is 18.8 Å². The summed E-state index contributed by atoms with van der Waals surface area (Å²) in [5, 5.41) is 13.1. The highest BCUT2D eigenvalue weighted by Gasteiger charge is 2.15. The number of carbonyl (C=O) groups is 1. The van der Waals surface area contributed by atoms with Crippen LogP contribution in [0.25, 0.3) is 0 Å². The SMILES string of the molecule is CC(C)(C)OC(=O)NCCC#Cc1ccc(F)c([N+](=O)[O-])c1. The molecular weight excluding hydrogens is 291 g/mol. The van der Waals surface area contributed by atoms with Crippen LogP contribution < -0.4 is 5.32 Å². The predicted octanol–water partition coefficient (Wildman–Crippen LogP) is 3.00. The number of nitro groups is 1. The smallest absolute Gasteiger partial charge is 0.407 e. The molecule has 22 heavy (non-hydrogen) atoms. The second-order valence-corrected chi connectivity index (χ2v) is 5.40. The Kier molecular flexibility index (Phi) is 5.87. The number of benzene rings is 1. The Labute approximate surface area is 127 Å². The van der Waals surface area contributed by atoms with Crippen LogP contribution in [-0.4, -0.2) is 23.2 Å². The number of amides is 1. The molecule has 0 unspecified atom stereocenters. The number of hydrogen-bond acceptors (Lipinski definition) is 4. The maximum absolute atomic E-state index is 13.1. The Hall–Kier alpha value is -2.62. The number of rotatable bonds is 3. The van der Waals surface area contributed by atoms with Gasteiger partial charge in [-0.1, -0.05) is 11.8 Å². The molecule has 1 aromatic carbocycles. The van der Waals surface area contributed by atoms with Crippen molar-refractivity contribution in [3.8, 4) is 11.8 Å². The third kappa shape index (κ3) is 6.22. The molecule has 0 heterocycles. The number of alkyl carbamates (subject to hydrolysis) is 1. The molecule has 0 atom stereocenters. The number of hydrogen-bond donors (Lipinski definition) is 1. The van der Waals surface area contributed by atoms with E-state index in [1.807, 2.05) is 0 Å². The summed E-state index contributed by atoms with van der Waals surface area (Å²) in [4.78, 5) is 21.1. The van der Waals surface area contributed by atoms with Crippen molar-refractivity contribution in [1.29, 1.82) is 0 Å². The van der Waals surface area contributed by atoms with Gasteiger partial charge in [0, 0.05) is 24.6 Å². The van der Waals surface area contributed by atoms with Crippen LogP contribution in [0.5, 0.6) is 0 Å². The van der Waals surface area contributed by atoms with Gasteiger partial charge in [-0.15, -0.1) is 0 Å². The molecule has 118 valence electrons. The van der Waals surface area contributed by atoms with Crippen molar-refractivity contribution in [2.75, 3.05) is 6.54 Å². The number of halogens is 1. The van der Waals surface area contributed by atoms with Gasteiger partial charge in [-0.2, -0.15) is 4.39 Å². The van der Waals surface area contributed by atoms with E-state index < -0.39 is 28.1 Å². The highest BCUT2D eigenvalue weighted by molar-refractivity contribution is 5.67. The maximum atomic E-state index is 13.1. The average Bonchev–Trinajstić information content (AvgIpc) is 2.37. The van der Waals surface area contributed by atoms with E-state index in [0.29, 0.717) is 12.0 Å². The molecule has 0 spiro atoms. The summed E-state index contributed by atoms with van der Waals surface area (Å²) in [7, 11) is 0. The van der Waals surface area contributed by atoms with E-state index in [1.54, 1.807) is 20.8 Å². The zero-order chi connectivity index (χ0) is 16.8. The molecule has 0 fully saturated rings. The van der Waals surface area contributed by atoms with Gasteiger partial charge < -0.3 is 10.1 Å². The molecule has 0 bridgehead atoms. The van der Waals surface area contributed by atoms with Crippen molar-refractivity contribution in [3.05, 3.63) is 39.7 Å². The number of nitrogens with one attached hydrogen (secondary N) is 1. The molecule has 1 aromatic rings. The quantitative estimate of drug-likeness (QED) is 0.403. The summed E-state index contributed by atoms with van der Waals surface area (Å²) in [6.07, 6.45) is -0.198. The van der Waals surface area contributed by atoms with Gasteiger partial charge in [0.15, 0.2) is 0 Å². The topological polar surface area (TPSA) is 81.5 Å². The molecule has 0 aromatic heterocycles. The third-order valence-electron chi connectivity index (χ3n) is 2.29. The first-order chi connectivity index (χ1) is 10.2. The van der Waals surface area contributed by atoms with Crippen LogP contribution in [0.3, 0.4) is 0 Å². The molecule has 0 aliphatic rings. The Morgan fingerprint density at radius 2 is 2.14 bits per heavy atom. The molecule has 1 amide bonds. The second kappa shape index (κ2) is 7.41. The minimum absolute atomic E-state index is 0.283. The average molecular weight is 308 g/mol. The lowest BCUT2D eigenvalue weighted by molar-refractivity contribution is -0.387. The molecule has 1 N–H and O–H groups in total. The minimum Gasteiger partial charge on any atom is -0.444 e. The van der Waals surface area contributed by atoms with Crippen molar-refractivity contribution in [1.82, 2.24) is 5.32 Å². The molecular formula is C15H17FN2O4. The molecule has 0 saturated heterocycles. The van der Waals surface area contributed by atoms with Gasteiger partial charge >= 0.3 is 11.8 Å². The summed E-state index contributed by atoms with van der Waals surface area (Å²) in [5.41, 5.74) is -0.841. The molecule has 0 aliphatic heterocycles. The predicted molar refractivity (Wildman–Crippen MR) is 78.8 cm³/mol. The summed E-state index contributed by atoms with van der Waals surface area (Å²) < 4.78 is 18.2. The third-order valence-corrected chi connectivity index (χ3v) is 2.29. The number of carbonyl (C=O) groups excluding carboxylic acids is 1. The van der Waals surface area contributed by atoms with Gasteiger partial charge in [0.1, 0.15) is 5.60 Å². The molecule has 0 radical (unpaired) electrons. The first kappa shape index (κ1) is 17.4. The molecule has 0 aliphatic carbocycles. The van der Waals surface area contributed by atoms with E-state index in [2.05, 4.69) is 17.2 Å². The summed E-state index contributed by atoms with van der Waals surface area (Å²) in [6, 6.07) is 3.43. The van der Waals surface area contributed by atoms with Crippen molar-refractivity contribution >= 4 is 11.8 Å². The van der Waals surface area contributed by atoms with E-state index in [1.165, 1.54) is 6.07 Å². The number of nitro benzene ring substituents is 1. The zero-order valence-electron chi connectivity index (χ0n) is 12.6. The van der Waals surface area contributed by atoms with Crippen LogP contribution in [0.1, 0.15) is 32.8 Å². The minimum atomic E-state index is -0.901. The molecule has 1 rings (SSSR count). The fourth-order valence-electron chi connectivity index (χ4n) is 1.44. The van der Waals surface area contributed by atoms with Gasteiger partial charge in [0.05, 0.1) is 4.92 Å². The molecule has 7 heteroatoms. The molecule has 6 nitrogen and oxygen atoms in total. The highest BCUT2D eigenvalue weighted by atomic mass is 19.1. The van der Waals surface area contributed by atoms with E-state index >= 15 is 0 Å². The van der Waals surface area contributed by atoms with E-state index in [9.17, 15) is 19.3 Å². The van der Waals surface area contributed by atoms with Gasteiger partial charge in [-0.3, -0.25) is 10.1 Å². The van der Waals surface area contributed by atoms with Crippen LogP contribution in [0.4, 0.5) is 14.9 Å². The standard InChI is InChI=1S/C15H17FN2O4/c1-15(2,3)22-14(19)17-9-5-4-6-11-7-8-12(16)13(10-11)18(20)21/h7-8,10H,5,9H2,1-3H3,(H,17,19). The Morgan fingerprint density at radius 1 is 1.45 bits per heavy atom. The van der Waals surface area contributed by atoms with E-state index in [-0.39, 0.29) is 6.54 Å². The van der Waals surface area contributed by atoms with Crippen molar-refractivity contribution in [2.24, 2.45) is 0 Å². The first-order valence-electron chi connectivity index (χ1n) is 6.59. The Balaban J connectivity index is 2.50. The lowest BCUT2D eigenvalue weighted by atomic mass is 10.2. The maximum Gasteiger partial charge on any atom is 0.407 e. The summed E-state index contributed by atoms with van der Waals surface area (Å²) in [6.45, 7) is 5.56. The van der Waals surface area contributed by atoms with Crippen LogP contribution in [0, 0.1) is 27.8 Å². The largest absolute Gasteiger partial charge is 0.444 e. The van der Waals surface area contributed by atoms with Crippen LogP contribution in [0.15, 0.2) is 18.2 Å². The monoisotopic (exact) mass is 308 g/mol. The molecule has 0 saturated carbocycles. The highest BCUT2D eigenvalue weighted by Crippen LogP contribution is 2.17. The zero-order valence-corrected chi connectivity index (χ0v) is 12.6. The van der Waals surface area contributed by atoms with Crippen LogP contribution >= 0.6 is 0 Å². The summed E-state index contributed by atoms with van der Waals surface area (Å²) >= 11 is 0. The Bertz CT molecular complexity index is 627.